The number of carbonyl (C=O) groups excluding carboxylic acids is 3. The van der Waals surface area contributed by atoms with Gasteiger partial charge in [-0.1, -0.05) is 53.5 Å². The summed E-state index contributed by atoms with van der Waals surface area (Å²) in [5.74, 6) is -1.19. The van der Waals surface area contributed by atoms with E-state index in [-0.39, 0.29) is 28.9 Å². The molecule has 4 rings (SSSR count). The third kappa shape index (κ3) is 7.30. The van der Waals surface area contributed by atoms with Crippen LogP contribution in [0.1, 0.15) is 42.4 Å². The van der Waals surface area contributed by atoms with Gasteiger partial charge in [-0.05, 0) is 41.7 Å². The Labute approximate surface area is 252 Å². The van der Waals surface area contributed by atoms with Crippen LogP contribution in [0.3, 0.4) is 0 Å². The molecule has 2 heterocycles. The van der Waals surface area contributed by atoms with E-state index in [4.69, 9.17) is 27.9 Å². The number of carbonyl (C=O) groups is 3. The van der Waals surface area contributed by atoms with Crippen LogP contribution >= 0.6 is 23.2 Å². The Morgan fingerprint density at radius 3 is 2.45 bits per heavy atom. The van der Waals surface area contributed by atoms with E-state index in [1.165, 1.54) is 26.2 Å². The van der Waals surface area contributed by atoms with Crippen LogP contribution in [0.4, 0.5) is 18.0 Å². The predicted octanol–water partition coefficient (Wildman–Crippen LogP) is 5.01. The Morgan fingerprint density at radius 2 is 1.81 bits per heavy atom. The maximum Gasteiger partial charge on any atom is 0.407 e. The van der Waals surface area contributed by atoms with Crippen LogP contribution in [0.25, 0.3) is 0 Å². The van der Waals surface area contributed by atoms with Crippen molar-refractivity contribution >= 4 is 41.1 Å². The van der Waals surface area contributed by atoms with Crippen LogP contribution in [0.5, 0.6) is 0 Å². The van der Waals surface area contributed by atoms with Gasteiger partial charge in [-0.15, -0.1) is 0 Å². The molecule has 0 radical (unpaired) electrons. The number of nitrogens with zero attached hydrogens (tertiary/aromatic N) is 2. The number of amides is 3. The minimum absolute atomic E-state index is 0.0219. The van der Waals surface area contributed by atoms with Gasteiger partial charge < -0.3 is 25.2 Å². The maximum atomic E-state index is 13.0. The average molecular weight is 630 g/mol. The highest BCUT2D eigenvalue weighted by Crippen LogP contribution is 2.40. The van der Waals surface area contributed by atoms with Crippen molar-refractivity contribution in [3.8, 4) is 0 Å². The summed E-state index contributed by atoms with van der Waals surface area (Å²) in [5, 5.41) is 6.00. The molecule has 1 atom stereocenters. The van der Waals surface area contributed by atoms with Crippen molar-refractivity contribution in [1.82, 2.24) is 20.4 Å². The third-order valence-corrected chi connectivity index (χ3v) is 8.75. The van der Waals surface area contributed by atoms with Gasteiger partial charge in [0.25, 0.3) is 0 Å². The fourth-order valence-corrected chi connectivity index (χ4v) is 6.12. The van der Waals surface area contributed by atoms with E-state index in [9.17, 15) is 27.6 Å². The number of rotatable bonds is 8. The molecule has 2 aliphatic heterocycles. The zero-order valence-electron chi connectivity index (χ0n) is 23.3. The smallest absolute Gasteiger partial charge is 0.407 e. The lowest BCUT2D eigenvalue weighted by Crippen LogP contribution is -2.56. The average Bonchev–Trinajstić information content (AvgIpc) is 2.93. The molecule has 0 aromatic heterocycles. The van der Waals surface area contributed by atoms with Gasteiger partial charge in [0.15, 0.2) is 5.60 Å². The van der Waals surface area contributed by atoms with Crippen molar-refractivity contribution < 1.29 is 32.3 Å². The number of benzene rings is 2. The second kappa shape index (κ2) is 12.7. The SMILES string of the molecule is CNC(=O)O[C@](CCN1CCC2(CC1)NC(=O)Cc1ccccc12)(CN(C)C(=O)CC(F)(F)F)c1ccc(Cl)c(Cl)c1. The first-order valence-electron chi connectivity index (χ1n) is 13.5. The number of piperidine rings is 1. The number of hydrogen-bond donors (Lipinski definition) is 2. The number of alkyl carbamates (subject to hydrolysis) is 1. The van der Waals surface area contributed by atoms with E-state index in [0.717, 1.165) is 16.0 Å². The Hall–Kier alpha value is -3.02. The fraction of sp³-hybridized carbons (Fsp3) is 0.483. The molecule has 42 heavy (non-hydrogen) atoms. The number of hydrogen-bond acceptors (Lipinski definition) is 5. The van der Waals surface area contributed by atoms with Crippen LogP contribution in [0.15, 0.2) is 42.5 Å². The molecule has 3 amide bonds. The van der Waals surface area contributed by atoms with Crippen LogP contribution in [-0.4, -0.2) is 74.2 Å². The summed E-state index contributed by atoms with van der Waals surface area (Å²) >= 11 is 12.4. The molecule has 13 heteroatoms. The summed E-state index contributed by atoms with van der Waals surface area (Å²) < 4.78 is 45.0. The molecule has 8 nitrogen and oxygen atoms in total. The van der Waals surface area contributed by atoms with Gasteiger partial charge >= 0.3 is 12.3 Å². The fourth-order valence-electron chi connectivity index (χ4n) is 5.83. The topological polar surface area (TPSA) is 91.0 Å². The molecule has 2 aromatic rings. The molecular weight excluding hydrogens is 596 g/mol. The van der Waals surface area contributed by atoms with Gasteiger partial charge in [-0.25, -0.2) is 4.79 Å². The second-order valence-corrected chi connectivity index (χ2v) is 11.7. The van der Waals surface area contributed by atoms with Crippen LogP contribution in [0.2, 0.25) is 10.0 Å². The van der Waals surface area contributed by atoms with Gasteiger partial charge in [0.1, 0.15) is 6.42 Å². The predicted molar refractivity (Wildman–Crippen MR) is 152 cm³/mol. The lowest BCUT2D eigenvalue weighted by Gasteiger charge is -2.46. The first-order chi connectivity index (χ1) is 19.8. The van der Waals surface area contributed by atoms with Crippen molar-refractivity contribution in [2.24, 2.45) is 0 Å². The zero-order valence-corrected chi connectivity index (χ0v) is 24.8. The Bertz CT molecular complexity index is 1330. The molecule has 0 unspecified atom stereocenters. The molecule has 2 aliphatic rings. The quantitative estimate of drug-likeness (QED) is 0.429. The van der Waals surface area contributed by atoms with Crippen molar-refractivity contribution in [3.05, 3.63) is 69.2 Å². The minimum atomic E-state index is -4.70. The summed E-state index contributed by atoms with van der Waals surface area (Å²) in [6.07, 6.45) is -5.40. The molecule has 1 saturated heterocycles. The largest absolute Gasteiger partial charge is 0.436 e. The van der Waals surface area contributed by atoms with E-state index in [2.05, 4.69) is 15.5 Å². The Kier molecular flexibility index (Phi) is 9.64. The molecular formula is C29H33Cl2F3N4O4. The second-order valence-electron chi connectivity index (χ2n) is 10.9. The number of likely N-dealkylation sites (tertiary alicyclic amines) is 1. The molecule has 2 aromatic carbocycles. The lowest BCUT2D eigenvalue weighted by atomic mass is 9.75. The highest BCUT2D eigenvalue weighted by atomic mass is 35.5. The number of halogens is 5. The van der Waals surface area contributed by atoms with Crippen LogP contribution in [-0.2, 0) is 31.9 Å². The zero-order chi connectivity index (χ0) is 30.7. The molecule has 1 fully saturated rings. The summed E-state index contributed by atoms with van der Waals surface area (Å²) in [6.45, 7) is 1.24. The summed E-state index contributed by atoms with van der Waals surface area (Å²) in [4.78, 5) is 40.7. The summed E-state index contributed by atoms with van der Waals surface area (Å²) in [7, 11) is 2.60. The third-order valence-electron chi connectivity index (χ3n) is 8.01. The van der Waals surface area contributed by atoms with Gasteiger partial charge in [-0.3, -0.25) is 9.59 Å². The van der Waals surface area contributed by atoms with E-state index >= 15 is 0 Å². The number of nitrogens with one attached hydrogen (secondary N) is 2. The number of alkyl halides is 3. The van der Waals surface area contributed by atoms with Crippen LogP contribution in [0, 0.1) is 0 Å². The molecule has 1 spiro atoms. The molecule has 0 bridgehead atoms. The molecule has 2 N–H and O–H groups in total. The van der Waals surface area contributed by atoms with E-state index in [1.54, 1.807) is 6.07 Å². The van der Waals surface area contributed by atoms with Gasteiger partial charge in [0.2, 0.25) is 11.8 Å². The summed E-state index contributed by atoms with van der Waals surface area (Å²) in [5.41, 5.74) is 0.479. The van der Waals surface area contributed by atoms with Gasteiger partial charge in [0.05, 0.1) is 28.5 Å². The van der Waals surface area contributed by atoms with Gasteiger partial charge in [-0.2, -0.15) is 13.2 Å². The number of fused-ring (bicyclic) bond motifs is 2. The normalized spacial score (nSPS) is 18.0. The molecule has 0 aliphatic carbocycles. The number of likely N-dealkylation sites (N-methyl/N-ethyl adjacent to an activating group) is 1. The highest BCUT2D eigenvalue weighted by Gasteiger charge is 2.44. The van der Waals surface area contributed by atoms with Crippen molar-refractivity contribution in [3.63, 3.8) is 0 Å². The van der Waals surface area contributed by atoms with Gasteiger partial charge in [0, 0.05) is 40.2 Å². The van der Waals surface area contributed by atoms with E-state index < -0.39 is 35.7 Å². The minimum Gasteiger partial charge on any atom is -0.436 e. The monoisotopic (exact) mass is 628 g/mol. The highest BCUT2D eigenvalue weighted by molar-refractivity contribution is 6.42. The Balaban J connectivity index is 1.59. The van der Waals surface area contributed by atoms with Crippen molar-refractivity contribution in [2.75, 3.05) is 40.3 Å². The number of ether oxygens (including phenoxy) is 1. The summed E-state index contributed by atoms with van der Waals surface area (Å²) in [6, 6.07) is 12.5. The molecule has 0 saturated carbocycles. The lowest BCUT2D eigenvalue weighted by molar-refractivity contribution is -0.163. The van der Waals surface area contributed by atoms with Crippen molar-refractivity contribution in [1.29, 1.82) is 0 Å². The van der Waals surface area contributed by atoms with E-state index in [1.807, 2.05) is 24.3 Å². The van der Waals surface area contributed by atoms with Crippen molar-refractivity contribution in [2.45, 2.75) is 49.4 Å². The Morgan fingerprint density at radius 1 is 1.12 bits per heavy atom. The molecule has 228 valence electrons. The first kappa shape index (κ1) is 31.9. The standard InChI is InChI=1S/C29H33Cl2F3N4O4/c1-35-26(41)42-28(20-7-8-22(30)23(31)16-20,18-37(2)25(40)17-29(32,33)34)11-14-38-12-9-27(10-13-38)21-6-4-3-5-19(21)15-24(39)36-27/h3-8,16H,9-15,17-18H2,1-2H3,(H,35,41)(H,36,39)/t28-/m1/s1. The maximum absolute atomic E-state index is 13.0. The van der Waals surface area contributed by atoms with Crippen LogP contribution < -0.4 is 10.6 Å². The van der Waals surface area contributed by atoms with E-state index in [0.29, 0.717) is 44.5 Å². The first-order valence-corrected chi connectivity index (χ1v) is 14.3.